The lowest BCUT2D eigenvalue weighted by Crippen LogP contribution is -2.33. The lowest BCUT2D eigenvalue weighted by Gasteiger charge is -2.24. The number of aryl methyl sites for hydroxylation is 3. The molecule has 1 atom stereocenters. The predicted molar refractivity (Wildman–Crippen MR) is 126 cm³/mol. The number of benzene rings is 3. The van der Waals surface area contributed by atoms with Gasteiger partial charge in [-0.2, -0.15) is 0 Å². The van der Waals surface area contributed by atoms with Gasteiger partial charge in [0.25, 0.3) is 0 Å². The molecule has 0 saturated heterocycles. The molecule has 0 fully saturated rings. The van der Waals surface area contributed by atoms with Crippen molar-refractivity contribution in [2.45, 2.75) is 26.8 Å². The van der Waals surface area contributed by atoms with Gasteiger partial charge in [-0.15, -0.1) is 0 Å². The van der Waals surface area contributed by atoms with E-state index in [9.17, 15) is 4.79 Å². The van der Waals surface area contributed by atoms with E-state index >= 15 is 0 Å². The Labute approximate surface area is 183 Å². The summed E-state index contributed by atoms with van der Waals surface area (Å²) in [6.07, 6.45) is 0. The van der Waals surface area contributed by atoms with E-state index < -0.39 is 0 Å². The van der Waals surface area contributed by atoms with E-state index in [1.54, 1.807) is 12.1 Å². The van der Waals surface area contributed by atoms with Crippen molar-refractivity contribution in [3.05, 3.63) is 100 Å². The first kappa shape index (κ1) is 21.5. The van der Waals surface area contributed by atoms with E-state index in [4.69, 9.17) is 17.0 Å². The van der Waals surface area contributed by atoms with Crippen molar-refractivity contribution in [2.24, 2.45) is 0 Å². The Morgan fingerprint density at radius 1 is 0.933 bits per heavy atom. The maximum absolute atomic E-state index is 11.9. The molecule has 2 N–H and O–H groups in total. The summed E-state index contributed by atoms with van der Waals surface area (Å²) in [5.74, 6) is -0.380. The smallest absolute Gasteiger partial charge is 0.337 e. The summed E-state index contributed by atoms with van der Waals surface area (Å²) >= 11 is 5.64. The maximum Gasteiger partial charge on any atom is 0.337 e. The molecule has 0 heterocycles. The van der Waals surface area contributed by atoms with Crippen LogP contribution in [0.4, 0.5) is 5.69 Å². The van der Waals surface area contributed by atoms with Crippen LogP contribution >= 0.6 is 12.2 Å². The van der Waals surface area contributed by atoms with Crippen LogP contribution < -0.4 is 10.6 Å². The number of carbonyl (C=O) groups is 1. The van der Waals surface area contributed by atoms with Crippen LogP contribution in [-0.4, -0.2) is 18.2 Å². The van der Waals surface area contributed by atoms with Gasteiger partial charge in [0.1, 0.15) is 0 Å². The average Bonchev–Trinajstić information content (AvgIpc) is 2.74. The molecule has 3 aromatic carbocycles. The number of rotatable bonds is 5. The van der Waals surface area contributed by atoms with Crippen molar-refractivity contribution in [3.63, 3.8) is 0 Å². The fourth-order valence-corrected chi connectivity index (χ4v) is 3.65. The van der Waals surface area contributed by atoms with Crippen LogP contribution in [0.15, 0.2) is 66.7 Å². The van der Waals surface area contributed by atoms with Crippen molar-refractivity contribution in [1.29, 1.82) is 0 Å². The van der Waals surface area contributed by atoms with Crippen LogP contribution in [0.2, 0.25) is 0 Å². The van der Waals surface area contributed by atoms with Gasteiger partial charge in [0, 0.05) is 5.69 Å². The van der Waals surface area contributed by atoms with Gasteiger partial charge in [-0.1, -0.05) is 60.2 Å². The van der Waals surface area contributed by atoms with Gasteiger partial charge in [-0.3, -0.25) is 0 Å². The van der Waals surface area contributed by atoms with Crippen LogP contribution in [-0.2, 0) is 4.74 Å². The molecule has 154 valence electrons. The molecule has 0 unspecified atom stereocenters. The summed E-state index contributed by atoms with van der Waals surface area (Å²) in [5, 5.41) is 7.18. The SMILES string of the molecule is COC(=O)c1ccc(C)c(NC(=S)N[C@H](c2ccccc2)c2ccc(C)cc2C)c1. The first-order chi connectivity index (χ1) is 14.4. The molecule has 30 heavy (non-hydrogen) atoms. The number of carbonyl (C=O) groups excluding carboxylic acids is 1. The van der Waals surface area contributed by atoms with Crippen LogP contribution in [0.25, 0.3) is 0 Å². The van der Waals surface area contributed by atoms with E-state index in [1.807, 2.05) is 31.2 Å². The summed E-state index contributed by atoms with van der Waals surface area (Å²) in [5.41, 5.74) is 6.92. The predicted octanol–water partition coefficient (Wildman–Crippen LogP) is 5.47. The molecule has 0 amide bonds. The van der Waals surface area contributed by atoms with Gasteiger partial charge in [0.2, 0.25) is 0 Å². The molecule has 0 aliphatic carbocycles. The summed E-state index contributed by atoms with van der Waals surface area (Å²) in [7, 11) is 1.37. The Hall–Kier alpha value is -3.18. The molecule has 0 saturated carbocycles. The third-order valence-corrected chi connectivity index (χ3v) is 5.27. The number of ether oxygens (including phenoxy) is 1. The molecule has 0 aliphatic heterocycles. The van der Waals surface area contributed by atoms with Gasteiger partial charge < -0.3 is 15.4 Å². The van der Waals surface area contributed by atoms with Gasteiger partial charge in [-0.25, -0.2) is 4.79 Å². The lowest BCUT2D eigenvalue weighted by molar-refractivity contribution is 0.0601. The van der Waals surface area contributed by atoms with E-state index in [1.165, 1.54) is 18.2 Å². The summed E-state index contributed by atoms with van der Waals surface area (Å²) in [6, 6.07) is 21.9. The zero-order valence-corrected chi connectivity index (χ0v) is 18.5. The molecular formula is C25H26N2O2S. The standard InChI is InChI=1S/C25H26N2O2S/c1-16-10-13-21(18(3)14-16)23(19-8-6-5-7-9-19)27-25(30)26-22-15-20(24(28)29-4)12-11-17(22)2/h5-15,23H,1-4H3,(H2,26,27,30)/t23-/m1/s1. The van der Waals surface area contributed by atoms with Crippen molar-refractivity contribution in [2.75, 3.05) is 12.4 Å². The fourth-order valence-electron chi connectivity index (χ4n) is 3.43. The number of nitrogens with one attached hydrogen (secondary N) is 2. The monoisotopic (exact) mass is 418 g/mol. The Morgan fingerprint density at radius 3 is 2.33 bits per heavy atom. The molecule has 0 aromatic heterocycles. The Morgan fingerprint density at radius 2 is 1.67 bits per heavy atom. The second-order valence-electron chi connectivity index (χ2n) is 7.32. The molecule has 0 radical (unpaired) electrons. The third-order valence-electron chi connectivity index (χ3n) is 5.05. The van der Waals surface area contributed by atoms with E-state index in [0.29, 0.717) is 10.7 Å². The minimum Gasteiger partial charge on any atom is -0.465 e. The van der Waals surface area contributed by atoms with Gasteiger partial charge in [0.05, 0.1) is 18.7 Å². The highest BCUT2D eigenvalue weighted by Gasteiger charge is 2.18. The summed E-state index contributed by atoms with van der Waals surface area (Å²) < 4.78 is 4.82. The van der Waals surface area contributed by atoms with E-state index in [2.05, 4.69) is 54.8 Å². The highest BCUT2D eigenvalue weighted by Crippen LogP contribution is 2.26. The summed E-state index contributed by atoms with van der Waals surface area (Å²) in [4.78, 5) is 11.9. The Kier molecular flexibility index (Phi) is 6.85. The molecule has 5 heteroatoms. The Balaban J connectivity index is 1.88. The van der Waals surface area contributed by atoms with E-state index in [-0.39, 0.29) is 12.0 Å². The van der Waals surface area contributed by atoms with Crippen molar-refractivity contribution in [3.8, 4) is 0 Å². The maximum atomic E-state index is 11.9. The Bertz CT molecular complexity index is 1060. The molecular weight excluding hydrogens is 392 g/mol. The first-order valence-electron chi connectivity index (χ1n) is 9.77. The highest BCUT2D eigenvalue weighted by molar-refractivity contribution is 7.80. The number of hydrogen-bond acceptors (Lipinski definition) is 3. The highest BCUT2D eigenvalue weighted by atomic mass is 32.1. The second kappa shape index (κ2) is 9.55. The molecule has 0 bridgehead atoms. The van der Waals surface area contributed by atoms with Crippen molar-refractivity contribution < 1.29 is 9.53 Å². The summed E-state index contributed by atoms with van der Waals surface area (Å²) in [6.45, 7) is 6.16. The molecule has 3 rings (SSSR count). The largest absolute Gasteiger partial charge is 0.465 e. The molecule has 3 aromatic rings. The molecule has 0 aliphatic rings. The third kappa shape index (κ3) is 5.05. The van der Waals surface area contributed by atoms with E-state index in [0.717, 1.165) is 22.4 Å². The number of methoxy groups -OCH3 is 1. The van der Waals surface area contributed by atoms with Crippen LogP contribution in [0.1, 0.15) is 44.2 Å². The van der Waals surface area contributed by atoms with Crippen molar-refractivity contribution >= 4 is 29.0 Å². The quantitative estimate of drug-likeness (QED) is 0.425. The van der Waals surface area contributed by atoms with Gasteiger partial charge in [-0.05, 0) is 67.4 Å². The van der Waals surface area contributed by atoms with Gasteiger partial charge in [0.15, 0.2) is 5.11 Å². The number of anilines is 1. The van der Waals surface area contributed by atoms with Crippen molar-refractivity contribution in [1.82, 2.24) is 5.32 Å². The number of esters is 1. The zero-order valence-electron chi connectivity index (χ0n) is 17.7. The van der Waals surface area contributed by atoms with Crippen LogP contribution in [0.3, 0.4) is 0 Å². The second-order valence-corrected chi connectivity index (χ2v) is 7.73. The van der Waals surface area contributed by atoms with Crippen LogP contribution in [0, 0.1) is 20.8 Å². The zero-order chi connectivity index (χ0) is 21.7. The number of thiocarbonyl (C=S) groups is 1. The molecule has 4 nitrogen and oxygen atoms in total. The fraction of sp³-hybridized carbons (Fsp3) is 0.200. The van der Waals surface area contributed by atoms with Crippen LogP contribution in [0.5, 0.6) is 0 Å². The lowest BCUT2D eigenvalue weighted by atomic mass is 9.94. The first-order valence-corrected chi connectivity index (χ1v) is 10.2. The minimum atomic E-state index is -0.380. The van der Waals surface area contributed by atoms with Gasteiger partial charge >= 0.3 is 5.97 Å². The normalized spacial score (nSPS) is 11.5. The average molecular weight is 419 g/mol. The topological polar surface area (TPSA) is 50.4 Å². The minimum absolute atomic E-state index is 0.101. The molecule has 0 spiro atoms. The number of hydrogen-bond donors (Lipinski definition) is 2.